The van der Waals surface area contributed by atoms with Crippen LogP contribution < -0.4 is 9.47 Å². The quantitative estimate of drug-likeness (QED) is 0.411. The number of ketones is 1. The number of carbonyl (C=O) groups is 2. The lowest BCUT2D eigenvalue weighted by Crippen LogP contribution is -2.38. The van der Waals surface area contributed by atoms with Gasteiger partial charge in [0, 0.05) is 31.7 Å². The minimum Gasteiger partial charge on any atom is -0.507 e. The molecule has 3 aliphatic rings. The van der Waals surface area contributed by atoms with Gasteiger partial charge in [0.15, 0.2) is 11.5 Å². The molecule has 2 aromatic carbocycles. The van der Waals surface area contributed by atoms with E-state index in [9.17, 15) is 14.7 Å². The minimum atomic E-state index is -0.676. The van der Waals surface area contributed by atoms with E-state index in [0.29, 0.717) is 36.8 Å². The van der Waals surface area contributed by atoms with E-state index in [0.717, 1.165) is 31.6 Å². The number of Topliss-reactive ketones (excluding diaryl/α,β-unsaturated/α-hetero) is 1. The van der Waals surface area contributed by atoms with Crippen molar-refractivity contribution >= 4 is 17.4 Å². The summed E-state index contributed by atoms with van der Waals surface area (Å²) in [6.07, 6.45) is 0.723. The average Bonchev–Trinajstić information content (AvgIpc) is 3.42. The Balaban J connectivity index is 1.46. The van der Waals surface area contributed by atoms with Gasteiger partial charge in [0.2, 0.25) is 6.79 Å². The highest BCUT2D eigenvalue weighted by Crippen LogP contribution is 2.41. The standard InChI is InChI=1S/C25H26N2O6/c28-23(18-7-8-19-20(15-18)33-16-32-19)21-22(17-5-2-1-3-6-17)27(25(30)24(21)29)10-4-9-26-11-13-31-14-12-26/h1-3,5-8,15,22,28H,4,9-14,16H2/t22-/m1/s1. The Morgan fingerprint density at radius 1 is 0.970 bits per heavy atom. The zero-order chi connectivity index (χ0) is 22.8. The summed E-state index contributed by atoms with van der Waals surface area (Å²) in [6.45, 7) is 4.50. The highest BCUT2D eigenvalue weighted by molar-refractivity contribution is 6.46. The van der Waals surface area contributed by atoms with Crippen molar-refractivity contribution in [2.75, 3.05) is 46.2 Å². The molecule has 0 saturated carbocycles. The lowest BCUT2D eigenvalue weighted by Gasteiger charge is -2.29. The third-order valence-electron chi connectivity index (χ3n) is 6.28. The summed E-state index contributed by atoms with van der Waals surface area (Å²) < 4.78 is 16.1. The molecule has 3 aliphatic heterocycles. The Hall–Kier alpha value is -3.36. The summed E-state index contributed by atoms with van der Waals surface area (Å²) in [5, 5.41) is 11.2. The van der Waals surface area contributed by atoms with Crippen molar-refractivity contribution in [2.24, 2.45) is 0 Å². The Morgan fingerprint density at radius 3 is 2.52 bits per heavy atom. The van der Waals surface area contributed by atoms with Crippen LogP contribution in [0.15, 0.2) is 54.1 Å². The number of hydrogen-bond donors (Lipinski definition) is 1. The molecule has 5 rings (SSSR count). The van der Waals surface area contributed by atoms with E-state index in [1.54, 1.807) is 23.1 Å². The van der Waals surface area contributed by atoms with Crippen LogP contribution >= 0.6 is 0 Å². The molecule has 8 nitrogen and oxygen atoms in total. The Bertz CT molecular complexity index is 1080. The molecule has 2 fully saturated rings. The van der Waals surface area contributed by atoms with E-state index >= 15 is 0 Å². The molecule has 2 aromatic rings. The zero-order valence-corrected chi connectivity index (χ0v) is 18.2. The van der Waals surface area contributed by atoms with Gasteiger partial charge in [-0.3, -0.25) is 14.5 Å². The molecular weight excluding hydrogens is 424 g/mol. The maximum atomic E-state index is 13.1. The number of aliphatic hydroxyl groups excluding tert-OH is 1. The molecule has 0 aliphatic carbocycles. The minimum absolute atomic E-state index is 0.0939. The second kappa shape index (κ2) is 9.25. The van der Waals surface area contributed by atoms with E-state index in [4.69, 9.17) is 14.2 Å². The number of ether oxygens (including phenoxy) is 3. The van der Waals surface area contributed by atoms with Gasteiger partial charge in [0.05, 0.1) is 24.8 Å². The topological polar surface area (TPSA) is 88.5 Å². The van der Waals surface area contributed by atoms with Gasteiger partial charge in [0.1, 0.15) is 5.76 Å². The first-order valence-electron chi connectivity index (χ1n) is 11.2. The third kappa shape index (κ3) is 4.19. The number of amides is 1. The second-order valence-electron chi connectivity index (χ2n) is 8.28. The van der Waals surface area contributed by atoms with Crippen LogP contribution in [-0.4, -0.2) is 72.8 Å². The molecule has 33 heavy (non-hydrogen) atoms. The van der Waals surface area contributed by atoms with Crippen LogP contribution in [0, 0.1) is 0 Å². The van der Waals surface area contributed by atoms with Gasteiger partial charge >= 0.3 is 0 Å². The lowest BCUT2D eigenvalue weighted by molar-refractivity contribution is -0.140. The Kier molecular flexibility index (Phi) is 6.02. The lowest BCUT2D eigenvalue weighted by atomic mass is 9.95. The molecule has 2 saturated heterocycles. The van der Waals surface area contributed by atoms with Crippen LogP contribution in [-0.2, 0) is 14.3 Å². The van der Waals surface area contributed by atoms with E-state index in [-0.39, 0.29) is 18.1 Å². The van der Waals surface area contributed by atoms with Gasteiger partial charge < -0.3 is 24.2 Å². The normalized spacial score (nSPS) is 22.2. The molecule has 1 atom stereocenters. The van der Waals surface area contributed by atoms with E-state index in [1.165, 1.54) is 0 Å². The maximum absolute atomic E-state index is 13.1. The smallest absolute Gasteiger partial charge is 0.295 e. The predicted octanol–water partition coefficient (Wildman–Crippen LogP) is 2.56. The molecule has 3 heterocycles. The molecular formula is C25H26N2O6. The third-order valence-corrected chi connectivity index (χ3v) is 6.28. The first kappa shape index (κ1) is 21.5. The summed E-state index contributed by atoms with van der Waals surface area (Å²) in [5.41, 5.74) is 1.29. The summed E-state index contributed by atoms with van der Waals surface area (Å²) in [6, 6.07) is 13.7. The molecule has 172 valence electrons. The Morgan fingerprint density at radius 2 is 1.73 bits per heavy atom. The number of morpholine rings is 1. The number of hydrogen-bond acceptors (Lipinski definition) is 7. The van der Waals surface area contributed by atoms with Gasteiger partial charge in [-0.1, -0.05) is 30.3 Å². The van der Waals surface area contributed by atoms with Crippen molar-refractivity contribution in [1.82, 2.24) is 9.80 Å². The number of rotatable bonds is 6. The SMILES string of the molecule is O=C1C(=O)N(CCCN2CCOCC2)[C@H](c2ccccc2)C1=C(O)c1ccc2c(c1)OCO2. The molecule has 0 radical (unpaired) electrons. The molecule has 1 N–H and O–H groups in total. The number of fused-ring (bicyclic) bond motifs is 1. The fourth-order valence-electron chi connectivity index (χ4n) is 4.58. The van der Waals surface area contributed by atoms with Crippen molar-refractivity contribution in [1.29, 1.82) is 0 Å². The van der Waals surface area contributed by atoms with Gasteiger partial charge in [0.25, 0.3) is 11.7 Å². The molecule has 0 spiro atoms. The van der Waals surface area contributed by atoms with Crippen molar-refractivity contribution < 1.29 is 28.9 Å². The zero-order valence-electron chi connectivity index (χ0n) is 18.2. The van der Waals surface area contributed by atoms with Gasteiger partial charge in [-0.15, -0.1) is 0 Å². The van der Waals surface area contributed by atoms with Gasteiger partial charge in [-0.05, 0) is 30.2 Å². The predicted molar refractivity (Wildman–Crippen MR) is 120 cm³/mol. The largest absolute Gasteiger partial charge is 0.507 e. The number of nitrogens with zero attached hydrogens (tertiary/aromatic N) is 2. The number of carbonyl (C=O) groups excluding carboxylic acids is 2. The summed E-state index contributed by atoms with van der Waals surface area (Å²) >= 11 is 0. The van der Waals surface area contributed by atoms with Crippen LogP contribution in [0.2, 0.25) is 0 Å². The highest BCUT2D eigenvalue weighted by Gasteiger charge is 2.45. The molecule has 0 unspecified atom stereocenters. The van der Waals surface area contributed by atoms with E-state index in [1.807, 2.05) is 30.3 Å². The number of benzene rings is 2. The molecule has 0 aromatic heterocycles. The van der Waals surface area contributed by atoms with Crippen molar-refractivity contribution in [3.63, 3.8) is 0 Å². The Labute approximate surface area is 192 Å². The molecule has 1 amide bonds. The van der Waals surface area contributed by atoms with Crippen LogP contribution in [0.1, 0.15) is 23.6 Å². The van der Waals surface area contributed by atoms with Crippen LogP contribution in [0.5, 0.6) is 11.5 Å². The van der Waals surface area contributed by atoms with Crippen LogP contribution in [0.4, 0.5) is 0 Å². The van der Waals surface area contributed by atoms with E-state index < -0.39 is 17.7 Å². The average molecular weight is 450 g/mol. The first-order valence-corrected chi connectivity index (χ1v) is 11.2. The first-order chi connectivity index (χ1) is 16.1. The van der Waals surface area contributed by atoms with Crippen LogP contribution in [0.25, 0.3) is 5.76 Å². The van der Waals surface area contributed by atoms with Crippen molar-refractivity contribution in [3.8, 4) is 11.5 Å². The summed E-state index contributed by atoms with van der Waals surface area (Å²) in [7, 11) is 0. The van der Waals surface area contributed by atoms with Crippen LogP contribution in [0.3, 0.4) is 0 Å². The highest BCUT2D eigenvalue weighted by atomic mass is 16.7. The fraction of sp³-hybridized carbons (Fsp3) is 0.360. The van der Waals surface area contributed by atoms with Gasteiger partial charge in [-0.2, -0.15) is 0 Å². The monoisotopic (exact) mass is 450 g/mol. The van der Waals surface area contributed by atoms with Crippen molar-refractivity contribution in [2.45, 2.75) is 12.5 Å². The van der Waals surface area contributed by atoms with Crippen molar-refractivity contribution in [3.05, 3.63) is 65.2 Å². The second-order valence-corrected chi connectivity index (χ2v) is 8.28. The van der Waals surface area contributed by atoms with E-state index in [2.05, 4.69) is 4.90 Å². The number of likely N-dealkylation sites (tertiary alicyclic amines) is 1. The summed E-state index contributed by atoms with van der Waals surface area (Å²) in [4.78, 5) is 30.1. The fourth-order valence-corrected chi connectivity index (χ4v) is 4.58. The molecule has 8 heteroatoms. The summed E-state index contributed by atoms with van der Waals surface area (Å²) in [5.74, 6) is -0.403. The maximum Gasteiger partial charge on any atom is 0.295 e. The van der Waals surface area contributed by atoms with Gasteiger partial charge in [-0.25, -0.2) is 0 Å². The molecule has 0 bridgehead atoms. The number of aliphatic hydroxyl groups is 1.